The maximum Gasteiger partial charge on any atom is 0.341 e. The van der Waals surface area contributed by atoms with Gasteiger partial charge in [-0.25, -0.2) is 9.78 Å². The Labute approximate surface area is 117 Å². The van der Waals surface area contributed by atoms with Crippen LogP contribution >= 0.6 is 0 Å². The van der Waals surface area contributed by atoms with Gasteiger partial charge in [0.05, 0.1) is 29.9 Å². The summed E-state index contributed by atoms with van der Waals surface area (Å²) in [5, 5.41) is 8.17. The van der Waals surface area contributed by atoms with E-state index in [4.69, 9.17) is 11.2 Å². The number of rotatable bonds is 4. The monoisotopic (exact) mass is 272 g/mol. The van der Waals surface area contributed by atoms with Crippen molar-refractivity contribution in [2.24, 2.45) is 7.05 Å². The highest BCUT2D eigenvalue weighted by Gasteiger charge is 2.20. The molecule has 1 N–H and O–H groups in total. The Hall–Kier alpha value is -2.55. The van der Waals surface area contributed by atoms with Crippen molar-refractivity contribution in [2.75, 3.05) is 18.5 Å². The summed E-state index contributed by atoms with van der Waals surface area (Å²) in [7, 11) is 1.80. The number of hydrogen-bond donors (Lipinski definition) is 1. The number of ether oxygens (including phenoxy) is 1. The topological polar surface area (TPSA) is 69.0 Å². The van der Waals surface area contributed by atoms with E-state index < -0.39 is 5.97 Å². The van der Waals surface area contributed by atoms with Crippen LogP contribution in [0.2, 0.25) is 0 Å². The first-order valence-corrected chi connectivity index (χ1v) is 6.26. The minimum Gasteiger partial charge on any atom is -0.462 e. The molecule has 104 valence electrons. The van der Waals surface area contributed by atoms with Crippen LogP contribution in [0.5, 0.6) is 0 Å². The van der Waals surface area contributed by atoms with E-state index in [2.05, 4.69) is 21.3 Å². The summed E-state index contributed by atoms with van der Waals surface area (Å²) < 4.78 is 6.71. The molecule has 20 heavy (non-hydrogen) atoms. The van der Waals surface area contributed by atoms with E-state index in [0.717, 1.165) is 11.1 Å². The lowest BCUT2D eigenvalue weighted by Crippen LogP contribution is -2.11. The molecule has 2 aromatic rings. The first kappa shape index (κ1) is 13.9. The fraction of sp³-hybridized carbons (Fsp3) is 0.357. The zero-order valence-electron chi connectivity index (χ0n) is 11.7. The summed E-state index contributed by atoms with van der Waals surface area (Å²) in [4.78, 5) is 16.3. The van der Waals surface area contributed by atoms with Gasteiger partial charge in [0, 0.05) is 13.2 Å². The normalized spacial score (nSPS) is 10.3. The predicted octanol–water partition coefficient (Wildman–Crippen LogP) is 1.50. The predicted molar refractivity (Wildman–Crippen MR) is 76.5 cm³/mol. The fourth-order valence-corrected chi connectivity index (χ4v) is 2.10. The maximum atomic E-state index is 12.0. The Bertz CT molecular complexity index is 697. The largest absolute Gasteiger partial charge is 0.462 e. The molecule has 0 aliphatic heterocycles. The van der Waals surface area contributed by atoms with Crippen LogP contribution in [0.3, 0.4) is 0 Å². The number of terminal acetylenes is 1. The molecule has 0 aromatic carbocycles. The van der Waals surface area contributed by atoms with Crippen LogP contribution < -0.4 is 5.32 Å². The number of fused-ring (bicyclic) bond motifs is 1. The number of nitrogens with zero attached hydrogens (tertiary/aromatic N) is 3. The Balaban J connectivity index is 2.66. The van der Waals surface area contributed by atoms with Gasteiger partial charge < -0.3 is 10.1 Å². The summed E-state index contributed by atoms with van der Waals surface area (Å²) in [5.41, 5.74) is 2.46. The van der Waals surface area contributed by atoms with Crippen LogP contribution in [0.15, 0.2) is 6.20 Å². The molecule has 0 unspecified atom stereocenters. The van der Waals surface area contributed by atoms with Crippen molar-refractivity contribution in [3.8, 4) is 12.3 Å². The number of carbonyl (C=O) groups excluding carboxylic acids is 1. The fourth-order valence-electron chi connectivity index (χ4n) is 2.10. The lowest BCUT2D eigenvalue weighted by molar-refractivity contribution is 0.0527. The summed E-state index contributed by atoms with van der Waals surface area (Å²) in [6.07, 6.45) is 6.77. The molecule has 0 fully saturated rings. The van der Waals surface area contributed by atoms with Crippen LogP contribution in [0.1, 0.15) is 23.0 Å². The molecular formula is C14H16N4O2. The highest BCUT2D eigenvalue weighted by Crippen LogP contribution is 2.28. The highest BCUT2D eigenvalue weighted by atomic mass is 16.5. The SMILES string of the molecule is C#CCNc1c(C(=O)OCC)cnc2c1c(C)nn2C. The third kappa shape index (κ3) is 2.30. The van der Waals surface area contributed by atoms with Crippen molar-refractivity contribution < 1.29 is 9.53 Å². The average molecular weight is 272 g/mol. The number of aryl methyl sites for hydroxylation is 2. The Morgan fingerprint density at radius 2 is 2.35 bits per heavy atom. The van der Waals surface area contributed by atoms with E-state index >= 15 is 0 Å². The first-order chi connectivity index (χ1) is 9.60. The Morgan fingerprint density at radius 3 is 3.00 bits per heavy atom. The molecule has 0 bridgehead atoms. The zero-order chi connectivity index (χ0) is 14.7. The maximum absolute atomic E-state index is 12.0. The number of carbonyl (C=O) groups is 1. The number of aromatic nitrogens is 3. The minimum atomic E-state index is -0.426. The van der Waals surface area contributed by atoms with Gasteiger partial charge in [-0.15, -0.1) is 6.42 Å². The molecule has 0 atom stereocenters. The van der Waals surface area contributed by atoms with E-state index in [1.807, 2.05) is 6.92 Å². The smallest absolute Gasteiger partial charge is 0.341 e. The lowest BCUT2D eigenvalue weighted by Gasteiger charge is -2.11. The van der Waals surface area contributed by atoms with Crippen molar-refractivity contribution in [1.82, 2.24) is 14.8 Å². The number of hydrogen-bond acceptors (Lipinski definition) is 5. The van der Waals surface area contributed by atoms with Crippen LogP contribution in [0, 0.1) is 19.3 Å². The third-order valence-electron chi connectivity index (χ3n) is 2.89. The van der Waals surface area contributed by atoms with Crippen LogP contribution in [-0.2, 0) is 11.8 Å². The first-order valence-electron chi connectivity index (χ1n) is 6.26. The second-order valence-corrected chi connectivity index (χ2v) is 4.23. The minimum absolute atomic E-state index is 0.303. The van der Waals surface area contributed by atoms with Crippen LogP contribution in [-0.4, -0.2) is 33.9 Å². The molecule has 6 heteroatoms. The molecule has 2 rings (SSSR count). The van der Waals surface area contributed by atoms with Gasteiger partial charge >= 0.3 is 5.97 Å². The lowest BCUT2D eigenvalue weighted by atomic mass is 10.1. The molecule has 0 aliphatic rings. The quantitative estimate of drug-likeness (QED) is 0.674. The molecule has 0 spiro atoms. The molecule has 2 aromatic heterocycles. The number of pyridine rings is 1. The summed E-state index contributed by atoms with van der Waals surface area (Å²) in [5.74, 6) is 2.07. The summed E-state index contributed by atoms with van der Waals surface area (Å²) in [6, 6.07) is 0. The van der Waals surface area contributed by atoms with Crippen molar-refractivity contribution in [3.63, 3.8) is 0 Å². The zero-order valence-corrected chi connectivity index (χ0v) is 11.7. The van der Waals surface area contributed by atoms with E-state index in [1.54, 1.807) is 18.7 Å². The van der Waals surface area contributed by atoms with Gasteiger partial charge in [0.25, 0.3) is 0 Å². The van der Waals surface area contributed by atoms with Crippen molar-refractivity contribution in [3.05, 3.63) is 17.5 Å². The number of esters is 1. The summed E-state index contributed by atoms with van der Waals surface area (Å²) in [6.45, 7) is 4.23. The van der Waals surface area contributed by atoms with Gasteiger partial charge in [0.1, 0.15) is 5.56 Å². The second-order valence-electron chi connectivity index (χ2n) is 4.23. The van der Waals surface area contributed by atoms with Gasteiger partial charge in [-0.2, -0.15) is 5.10 Å². The molecule has 0 radical (unpaired) electrons. The molecule has 2 heterocycles. The third-order valence-corrected chi connectivity index (χ3v) is 2.89. The van der Waals surface area contributed by atoms with E-state index in [1.165, 1.54) is 6.20 Å². The van der Waals surface area contributed by atoms with Crippen LogP contribution in [0.25, 0.3) is 11.0 Å². The van der Waals surface area contributed by atoms with Gasteiger partial charge in [-0.3, -0.25) is 4.68 Å². The van der Waals surface area contributed by atoms with Crippen LogP contribution in [0.4, 0.5) is 5.69 Å². The molecule has 0 saturated heterocycles. The summed E-state index contributed by atoms with van der Waals surface area (Å²) >= 11 is 0. The van der Waals surface area contributed by atoms with Gasteiger partial charge in [-0.05, 0) is 13.8 Å². The molecule has 0 saturated carbocycles. The molecule has 6 nitrogen and oxygen atoms in total. The molecular weight excluding hydrogens is 256 g/mol. The van der Waals surface area contributed by atoms with E-state index in [0.29, 0.717) is 30.0 Å². The van der Waals surface area contributed by atoms with Crippen molar-refractivity contribution in [1.29, 1.82) is 0 Å². The standard InChI is InChI=1S/C14H16N4O2/c1-5-7-15-12-10(14(19)20-6-2)8-16-13-11(12)9(3)17-18(13)4/h1,8H,6-7H2,2-4H3,(H,15,16). The average Bonchev–Trinajstić information content (AvgIpc) is 2.72. The number of anilines is 1. The van der Waals surface area contributed by atoms with E-state index in [-0.39, 0.29) is 0 Å². The van der Waals surface area contributed by atoms with Gasteiger partial charge in [-0.1, -0.05) is 5.92 Å². The number of nitrogens with one attached hydrogen (secondary N) is 1. The van der Waals surface area contributed by atoms with Gasteiger partial charge in [0.2, 0.25) is 0 Å². The highest BCUT2D eigenvalue weighted by molar-refractivity contribution is 6.05. The molecule has 0 aliphatic carbocycles. The van der Waals surface area contributed by atoms with Gasteiger partial charge in [0.15, 0.2) is 5.65 Å². The Kier molecular flexibility index (Phi) is 3.89. The van der Waals surface area contributed by atoms with Crippen molar-refractivity contribution >= 4 is 22.7 Å². The van der Waals surface area contributed by atoms with E-state index in [9.17, 15) is 4.79 Å². The second kappa shape index (κ2) is 5.61. The molecule has 0 amide bonds. The Morgan fingerprint density at radius 1 is 1.60 bits per heavy atom. The van der Waals surface area contributed by atoms with Crippen molar-refractivity contribution in [2.45, 2.75) is 13.8 Å².